The number of ether oxygens (including phenoxy) is 1. The number of amides is 1. The Bertz CT molecular complexity index is 1750. The van der Waals surface area contributed by atoms with E-state index in [1.807, 2.05) is 24.3 Å². The molecule has 1 aliphatic heterocycles. The summed E-state index contributed by atoms with van der Waals surface area (Å²) in [5.41, 5.74) is 3.00. The molecule has 232 valence electrons. The van der Waals surface area contributed by atoms with E-state index in [4.69, 9.17) is 22.8 Å². The third kappa shape index (κ3) is 7.69. The lowest BCUT2D eigenvalue weighted by atomic mass is 9.91. The number of esters is 1. The number of carbonyl (C=O) groups is 2. The number of hydrogen-bond acceptors (Lipinski definition) is 8. The quantitative estimate of drug-likeness (QED) is 0.187. The fraction of sp³-hybridized carbons (Fsp3) is 0.324. The highest BCUT2D eigenvalue weighted by atomic mass is 35.5. The highest BCUT2D eigenvalue weighted by Crippen LogP contribution is 2.37. The Labute approximate surface area is 266 Å². The molecule has 0 saturated carbocycles. The van der Waals surface area contributed by atoms with E-state index in [0.29, 0.717) is 34.5 Å². The monoisotopic (exact) mass is 626 g/mol. The molecule has 0 bridgehead atoms. The average molecular weight is 627 g/mol. The van der Waals surface area contributed by atoms with E-state index in [2.05, 4.69) is 31.4 Å². The van der Waals surface area contributed by atoms with Crippen LogP contribution in [0.3, 0.4) is 0 Å². The van der Waals surface area contributed by atoms with Crippen LogP contribution in [-0.4, -0.2) is 52.7 Å². The number of methoxy groups -OCH3 is 1. The number of benzene rings is 2. The number of rotatable bonds is 11. The standard InChI is InChI=1S/C34H35ClN6O4/c1-3-15-41(26-11-9-24(10-12-26)33(43)38-20-23-7-6-13-36-19-23)31(16-25-8-4-5-14-37-25)27-17-28-30(18-29(27)35)39-22-40(34(28)44)21-32(42)45-2/h1,6-7,9-13,17-19,22,25,31,37H,4-5,8,14-16,20-21H2,2H3,(H,38,43). The SMILES string of the molecule is C#CCN(c1ccc(C(=O)NCc2cccnc2)cc1)C(CC1CCCCN1)c1cc2c(=O)n(CC(=O)OC)cnc2cc1Cl. The molecule has 0 radical (unpaired) electrons. The number of nitrogens with zero attached hydrogens (tertiary/aromatic N) is 4. The zero-order chi connectivity index (χ0) is 31.8. The van der Waals surface area contributed by atoms with Crippen LogP contribution in [0.5, 0.6) is 0 Å². The van der Waals surface area contributed by atoms with E-state index in [1.54, 1.807) is 36.7 Å². The van der Waals surface area contributed by atoms with Gasteiger partial charge in [-0.15, -0.1) is 6.42 Å². The molecular weight excluding hydrogens is 592 g/mol. The number of hydrogen-bond donors (Lipinski definition) is 2. The lowest BCUT2D eigenvalue weighted by Crippen LogP contribution is -2.39. The molecule has 1 amide bonds. The minimum atomic E-state index is -0.553. The van der Waals surface area contributed by atoms with Crippen LogP contribution in [0.15, 0.2) is 72.0 Å². The molecule has 1 aliphatic rings. The Kier molecular flexibility index (Phi) is 10.5. The van der Waals surface area contributed by atoms with Gasteiger partial charge in [-0.25, -0.2) is 4.98 Å². The Morgan fingerprint density at radius 3 is 2.76 bits per heavy atom. The summed E-state index contributed by atoms with van der Waals surface area (Å²) in [5.74, 6) is 2.03. The normalized spacial score (nSPS) is 15.2. The second-order valence-electron chi connectivity index (χ2n) is 11.0. The van der Waals surface area contributed by atoms with Crippen molar-refractivity contribution >= 4 is 40.1 Å². The summed E-state index contributed by atoms with van der Waals surface area (Å²) >= 11 is 6.92. The molecule has 2 aromatic heterocycles. The third-order valence-electron chi connectivity index (χ3n) is 8.02. The lowest BCUT2D eigenvalue weighted by Gasteiger charge is -2.37. The van der Waals surface area contributed by atoms with Crippen molar-refractivity contribution in [2.45, 2.75) is 50.9 Å². The van der Waals surface area contributed by atoms with E-state index in [0.717, 1.165) is 42.6 Å². The molecule has 4 aromatic rings. The van der Waals surface area contributed by atoms with Crippen LogP contribution >= 0.6 is 11.6 Å². The van der Waals surface area contributed by atoms with Crippen LogP contribution in [0.4, 0.5) is 5.69 Å². The predicted octanol–water partition coefficient (Wildman–Crippen LogP) is 4.26. The second kappa shape index (κ2) is 14.8. The Morgan fingerprint density at radius 2 is 2.07 bits per heavy atom. The van der Waals surface area contributed by atoms with Gasteiger partial charge in [-0.05, 0) is 79.4 Å². The lowest BCUT2D eigenvalue weighted by molar-refractivity contribution is -0.141. The minimum absolute atomic E-state index is 0.204. The van der Waals surface area contributed by atoms with Gasteiger partial charge in [0.25, 0.3) is 11.5 Å². The van der Waals surface area contributed by atoms with Gasteiger partial charge in [0.05, 0.1) is 36.9 Å². The fourth-order valence-corrected chi connectivity index (χ4v) is 5.94. The van der Waals surface area contributed by atoms with Gasteiger partial charge in [0.15, 0.2) is 0 Å². The van der Waals surface area contributed by atoms with Crippen LogP contribution in [0.1, 0.15) is 53.2 Å². The molecule has 3 heterocycles. The van der Waals surface area contributed by atoms with Gasteiger partial charge in [0.1, 0.15) is 6.54 Å². The third-order valence-corrected chi connectivity index (χ3v) is 8.35. The minimum Gasteiger partial charge on any atom is -0.468 e. The number of piperidine rings is 1. The second-order valence-corrected chi connectivity index (χ2v) is 11.4. The molecule has 1 fully saturated rings. The summed E-state index contributed by atoms with van der Waals surface area (Å²) in [4.78, 5) is 48.8. The van der Waals surface area contributed by atoms with Crippen LogP contribution < -0.4 is 21.1 Å². The van der Waals surface area contributed by atoms with Gasteiger partial charge in [-0.2, -0.15) is 0 Å². The first-order valence-electron chi connectivity index (χ1n) is 14.8. The first-order valence-corrected chi connectivity index (χ1v) is 15.2. The number of carbonyl (C=O) groups excluding carboxylic acids is 2. The predicted molar refractivity (Wildman–Crippen MR) is 174 cm³/mol. The number of terminal acetylenes is 1. The summed E-state index contributed by atoms with van der Waals surface area (Å²) in [6.45, 7) is 1.29. The summed E-state index contributed by atoms with van der Waals surface area (Å²) in [7, 11) is 1.27. The van der Waals surface area contributed by atoms with E-state index in [9.17, 15) is 14.4 Å². The molecule has 10 nitrogen and oxygen atoms in total. The molecule has 2 atom stereocenters. The smallest absolute Gasteiger partial charge is 0.325 e. The number of anilines is 1. The summed E-state index contributed by atoms with van der Waals surface area (Å²) in [6, 6.07) is 14.3. The van der Waals surface area contributed by atoms with E-state index in [1.165, 1.54) is 18.0 Å². The van der Waals surface area contributed by atoms with E-state index in [-0.39, 0.29) is 36.6 Å². The molecule has 0 spiro atoms. The van der Waals surface area contributed by atoms with Crippen LogP contribution in [0, 0.1) is 12.3 Å². The van der Waals surface area contributed by atoms with Crippen molar-refractivity contribution in [1.82, 2.24) is 25.2 Å². The molecule has 2 unspecified atom stereocenters. The molecule has 2 aromatic carbocycles. The molecule has 5 rings (SSSR count). The maximum Gasteiger partial charge on any atom is 0.325 e. The summed E-state index contributed by atoms with van der Waals surface area (Å²) in [5, 5.41) is 7.33. The zero-order valence-corrected chi connectivity index (χ0v) is 25.8. The fourth-order valence-electron chi connectivity index (χ4n) is 5.66. The van der Waals surface area contributed by atoms with Gasteiger partial charge < -0.3 is 20.3 Å². The van der Waals surface area contributed by atoms with Crippen LogP contribution in [0.2, 0.25) is 5.02 Å². The molecule has 0 aliphatic carbocycles. The molecular formula is C34H35ClN6O4. The largest absolute Gasteiger partial charge is 0.468 e. The highest BCUT2D eigenvalue weighted by molar-refractivity contribution is 6.32. The topological polar surface area (TPSA) is 118 Å². The van der Waals surface area contributed by atoms with Gasteiger partial charge in [-0.3, -0.25) is 23.9 Å². The number of pyridine rings is 1. The number of halogens is 1. The van der Waals surface area contributed by atoms with Gasteiger partial charge >= 0.3 is 5.97 Å². The van der Waals surface area contributed by atoms with Crippen molar-refractivity contribution in [2.24, 2.45) is 0 Å². The van der Waals surface area contributed by atoms with Crippen molar-refractivity contribution in [3.63, 3.8) is 0 Å². The Balaban J connectivity index is 1.50. The van der Waals surface area contributed by atoms with E-state index >= 15 is 0 Å². The average Bonchev–Trinajstić information content (AvgIpc) is 3.07. The summed E-state index contributed by atoms with van der Waals surface area (Å²) in [6.07, 6.45) is 14.5. The highest BCUT2D eigenvalue weighted by Gasteiger charge is 2.28. The van der Waals surface area contributed by atoms with Crippen molar-refractivity contribution in [1.29, 1.82) is 0 Å². The summed E-state index contributed by atoms with van der Waals surface area (Å²) < 4.78 is 5.97. The number of fused-ring (bicyclic) bond motifs is 1. The number of aromatic nitrogens is 3. The molecule has 11 heteroatoms. The maximum absolute atomic E-state index is 13.4. The Hall–Kier alpha value is -4.72. The van der Waals surface area contributed by atoms with Crippen molar-refractivity contribution in [3.8, 4) is 12.3 Å². The van der Waals surface area contributed by atoms with Crippen molar-refractivity contribution in [2.75, 3.05) is 25.1 Å². The van der Waals surface area contributed by atoms with Gasteiger partial charge in [0.2, 0.25) is 0 Å². The van der Waals surface area contributed by atoms with E-state index < -0.39 is 5.97 Å². The van der Waals surface area contributed by atoms with Crippen LogP contribution in [0.25, 0.3) is 10.9 Å². The zero-order valence-electron chi connectivity index (χ0n) is 25.0. The molecule has 2 N–H and O–H groups in total. The maximum atomic E-state index is 13.4. The van der Waals surface area contributed by atoms with Gasteiger partial charge in [-0.1, -0.05) is 30.0 Å². The Morgan fingerprint density at radius 1 is 1.24 bits per heavy atom. The molecule has 45 heavy (non-hydrogen) atoms. The molecule has 1 saturated heterocycles. The number of nitrogens with one attached hydrogen (secondary N) is 2. The van der Waals surface area contributed by atoms with Gasteiger partial charge in [0, 0.05) is 41.3 Å². The van der Waals surface area contributed by atoms with Crippen LogP contribution in [-0.2, 0) is 22.6 Å². The van der Waals surface area contributed by atoms with Crippen molar-refractivity contribution < 1.29 is 14.3 Å². The van der Waals surface area contributed by atoms with Crippen molar-refractivity contribution in [3.05, 3.63) is 99.3 Å². The first-order chi connectivity index (χ1) is 21.9. The first kappa shape index (κ1) is 31.7.